The maximum atomic E-state index is 2.45. The van der Waals surface area contributed by atoms with E-state index in [-0.39, 0.29) is 0 Å². The third kappa shape index (κ3) is 2.28. The molecule has 0 N–H and O–H groups in total. The van der Waals surface area contributed by atoms with E-state index in [1.165, 1.54) is 43.0 Å². The van der Waals surface area contributed by atoms with Crippen molar-refractivity contribution in [2.24, 2.45) is 11.3 Å². The Balaban J connectivity index is 1.64. The van der Waals surface area contributed by atoms with Gasteiger partial charge in [0, 0.05) is 6.54 Å². The van der Waals surface area contributed by atoms with Crippen molar-refractivity contribution in [2.75, 3.05) is 20.6 Å². The number of hydrogen-bond donors (Lipinski definition) is 0. The van der Waals surface area contributed by atoms with Gasteiger partial charge in [0.15, 0.2) is 0 Å². The summed E-state index contributed by atoms with van der Waals surface area (Å²) < 4.78 is 0. The lowest BCUT2D eigenvalue weighted by molar-refractivity contribution is 0.196. The van der Waals surface area contributed by atoms with E-state index in [4.69, 9.17) is 0 Å². The number of rotatable bonds is 3. The molecule has 4 rings (SSSR count). The number of hydrogen-bond acceptors (Lipinski definition) is 1. The highest BCUT2D eigenvalue weighted by molar-refractivity contribution is 5.83. The van der Waals surface area contributed by atoms with Crippen molar-refractivity contribution in [2.45, 2.75) is 31.6 Å². The monoisotopic (exact) mass is 279 g/mol. The molecule has 2 saturated carbocycles. The molecule has 2 aromatic carbocycles. The van der Waals surface area contributed by atoms with E-state index in [0.29, 0.717) is 5.41 Å². The summed E-state index contributed by atoms with van der Waals surface area (Å²) in [6, 6.07) is 15.9. The van der Waals surface area contributed by atoms with E-state index in [2.05, 4.69) is 61.5 Å². The molecule has 2 aromatic rings. The predicted octanol–water partition coefficient (Wildman–Crippen LogP) is 4.68. The van der Waals surface area contributed by atoms with Gasteiger partial charge in [0.1, 0.15) is 0 Å². The summed E-state index contributed by atoms with van der Waals surface area (Å²) in [5, 5.41) is 2.77. The van der Waals surface area contributed by atoms with E-state index < -0.39 is 0 Å². The van der Waals surface area contributed by atoms with Gasteiger partial charge in [-0.05, 0) is 73.4 Å². The van der Waals surface area contributed by atoms with E-state index in [1.807, 2.05) is 0 Å². The molecule has 1 nitrogen and oxygen atoms in total. The summed E-state index contributed by atoms with van der Waals surface area (Å²) in [5.74, 6) is 1.72. The molecule has 0 aromatic heterocycles. The zero-order chi connectivity index (χ0) is 14.4. The lowest BCUT2D eigenvalue weighted by atomic mass is 9.77. The van der Waals surface area contributed by atoms with E-state index in [9.17, 15) is 0 Å². The van der Waals surface area contributed by atoms with Gasteiger partial charge in [-0.25, -0.2) is 0 Å². The number of nitrogens with zero attached hydrogens (tertiary/aromatic N) is 1. The molecule has 0 radical (unpaired) electrons. The first-order valence-corrected chi connectivity index (χ1v) is 8.29. The lowest BCUT2D eigenvalue weighted by Gasteiger charge is -2.32. The first kappa shape index (κ1) is 13.3. The number of benzene rings is 2. The first-order valence-electron chi connectivity index (χ1n) is 8.29. The van der Waals surface area contributed by atoms with Crippen molar-refractivity contribution < 1.29 is 0 Å². The van der Waals surface area contributed by atoms with Crippen molar-refractivity contribution in [3.05, 3.63) is 48.0 Å². The molecular formula is C20H25N. The fraction of sp³-hybridized carbons (Fsp3) is 0.500. The summed E-state index contributed by atoms with van der Waals surface area (Å²) in [5.41, 5.74) is 2.18. The third-order valence-electron chi connectivity index (χ3n) is 5.82. The molecule has 3 unspecified atom stereocenters. The van der Waals surface area contributed by atoms with Crippen LogP contribution in [-0.2, 0) is 0 Å². The van der Waals surface area contributed by atoms with E-state index in [0.717, 1.165) is 11.8 Å². The minimum atomic E-state index is 0.602. The van der Waals surface area contributed by atoms with Crippen LogP contribution < -0.4 is 0 Å². The van der Waals surface area contributed by atoms with Gasteiger partial charge in [0.2, 0.25) is 0 Å². The second-order valence-electron chi connectivity index (χ2n) is 7.66. The molecule has 0 spiro atoms. The molecule has 0 aliphatic heterocycles. The van der Waals surface area contributed by atoms with E-state index in [1.54, 1.807) is 5.56 Å². The smallest absolute Gasteiger partial charge is 0.00322 e. The van der Waals surface area contributed by atoms with Crippen LogP contribution in [0.1, 0.15) is 37.2 Å². The molecule has 0 heterocycles. The van der Waals surface area contributed by atoms with Crippen molar-refractivity contribution >= 4 is 10.8 Å². The van der Waals surface area contributed by atoms with Crippen LogP contribution >= 0.6 is 0 Å². The summed E-state index contributed by atoms with van der Waals surface area (Å²) in [4.78, 5) is 2.39. The lowest BCUT2D eigenvalue weighted by Crippen LogP contribution is -2.30. The fourth-order valence-corrected chi connectivity index (χ4v) is 5.12. The van der Waals surface area contributed by atoms with Crippen LogP contribution in [0.2, 0.25) is 0 Å². The minimum absolute atomic E-state index is 0.602. The molecule has 2 fully saturated rings. The van der Waals surface area contributed by atoms with Gasteiger partial charge in [-0.2, -0.15) is 0 Å². The van der Waals surface area contributed by atoms with Crippen LogP contribution in [0.15, 0.2) is 42.5 Å². The molecule has 0 amide bonds. The Hall–Kier alpha value is -1.34. The van der Waals surface area contributed by atoms with Crippen LogP contribution in [0.4, 0.5) is 0 Å². The van der Waals surface area contributed by atoms with Gasteiger partial charge in [-0.1, -0.05) is 42.5 Å². The minimum Gasteiger partial charge on any atom is -0.309 e. The van der Waals surface area contributed by atoms with Gasteiger partial charge in [-0.3, -0.25) is 0 Å². The number of fused-ring (bicyclic) bond motifs is 3. The molecule has 110 valence electrons. The Labute approximate surface area is 128 Å². The molecule has 3 atom stereocenters. The van der Waals surface area contributed by atoms with Gasteiger partial charge in [0.05, 0.1) is 0 Å². The largest absolute Gasteiger partial charge is 0.309 e. The summed E-state index contributed by atoms with van der Waals surface area (Å²) in [6.45, 7) is 1.27. The first-order chi connectivity index (χ1) is 10.2. The maximum absolute atomic E-state index is 2.45. The predicted molar refractivity (Wildman–Crippen MR) is 89.6 cm³/mol. The fourth-order valence-electron chi connectivity index (χ4n) is 5.12. The van der Waals surface area contributed by atoms with E-state index >= 15 is 0 Å². The average Bonchev–Trinajstić information content (AvgIpc) is 3.03. The normalized spacial score (nSPS) is 31.4. The quantitative estimate of drug-likeness (QED) is 0.789. The molecule has 1 heteroatoms. The molecular weight excluding hydrogens is 254 g/mol. The van der Waals surface area contributed by atoms with Gasteiger partial charge < -0.3 is 4.90 Å². The molecule has 2 aliphatic carbocycles. The summed E-state index contributed by atoms with van der Waals surface area (Å²) in [6.07, 6.45) is 5.72. The topological polar surface area (TPSA) is 3.24 Å². The SMILES string of the molecule is CN(C)CC12CCC(C1)C(c1ccc3ccccc3c1)C2. The Morgan fingerprint density at radius 1 is 1.05 bits per heavy atom. The molecule has 21 heavy (non-hydrogen) atoms. The van der Waals surface area contributed by atoms with Gasteiger partial charge in [-0.15, -0.1) is 0 Å². The standard InChI is InChI=1S/C20H25N/c1-21(2)14-20-10-9-18(12-20)19(13-20)17-8-7-15-5-3-4-6-16(15)11-17/h3-8,11,18-19H,9-10,12-14H2,1-2H3. The Bertz CT molecular complexity index is 660. The summed E-state index contributed by atoms with van der Waals surface area (Å²) >= 11 is 0. The second kappa shape index (κ2) is 4.84. The van der Waals surface area contributed by atoms with Crippen molar-refractivity contribution in [3.63, 3.8) is 0 Å². The molecule has 2 aliphatic rings. The molecule has 2 bridgehead atoms. The zero-order valence-electron chi connectivity index (χ0n) is 13.2. The highest BCUT2D eigenvalue weighted by Crippen LogP contribution is 2.60. The summed E-state index contributed by atoms with van der Waals surface area (Å²) in [7, 11) is 4.46. The second-order valence-corrected chi connectivity index (χ2v) is 7.66. The van der Waals surface area contributed by atoms with Crippen LogP contribution in [0.25, 0.3) is 10.8 Å². The Morgan fingerprint density at radius 2 is 1.86 bits per heavy atom. The highest BCUT2D eigenvalue weighted by Gasteiger charge is 2.50. The van der Waals surface area contributed by atoms with Crippen LogP contribution in [0.3, 0.4) is 0 Å². The highest BCUT2D eigenvalue weighted by atomic mass is 15.1. The van der Waals surface area contributed by atoms with Crippen molar-refractivity contribution in [3.8, 4) is 0 Å². The zero-order valence-corrected chi connectivity index (χ0v) is 13.2. The average molecular weight is 279 g/mol. The van der Waals surface area contributed by atoms with Crippen molar-refractivity contribution in [1.82, 2.24) is 4.90 Å². The van der Waals surface area contributed by atoms with Crippen LogP contribution in [-0.4, -0.2) is 25.5 Å². The van der Waals surface area contributed by atoms with Gasteiger partial charge in [0.25, 0.3) is 0 Å². The maximum Gasteiger partial charge on any atom is 0.00322 e. The Morgan fingerprint density at radius 3 is 2.67 bits per heavy atom. The van der Waals surface area contributed by atoms with Crippen LogP contribution in [0.5, 0.6) is 0 Å². The molecule has 0 saturated heterocycles. The Kier molecular flexibility index (Phi) is 3.08. The van der Waals surface area contributed by atoms with Gasteiger partial charge >= 0.3 is 0 Å². The van der Waals surface area contributed by atoms with Crippen molar-refractivity contribution in [1.29, 1.82) is 0 Å². The third-order valence-corrected chi connectivity index (χ3v) is 5.82. The van der Waals surface area contributed by atoms with Crippen LogP contribution in [0, 0.1) is 11.3 Å².